The predicted molar refractivity (Wildman–Crippen MR) is 103 cm³/mol. The number of allylic oxidation sites excluding steroid dienone is 1. The first kappa shape index (κ1) is 18.0. The van der Waals surface area contributed by atoms with Crippen molar-refractivity contribution in [3.63, 3.8) is 0 Å². The third-order valence-electron chi connectivity index (χ3n) is 3.88. The molecule has 0 aromatic heterocycles. The van der Waals surface area contributed by atoms with E-state index in [1.165, 1.54) is 18.4 Å². The summed E-state index contributed by atoms with van der Waals surface area (Å²) in [6.07, 6.45) is 7.72. The second kappa shape index (κ2) is 9.07. The predicted octanol–water partition coefficient (Wildman–Crippen LogP) is 5.95. The Labute approximate surface area is 145 Å². The molecular formula is C22H27NO. The zero-order valence-electron chi connectivity index (χ0n) is 14.9. The Balaban J connectivity index is 1.96. The molecule has 1 amide bonds. The van der Waals surface area contributed by atoms with Crippen LogP contribution in [0.4, 0.5) is 5.69 Å². The molecule has 0 aliphatic rings. The van der Waals surface area contributed by atoms with Crippen LogP contribution in [0.2, 0.25) is 0 Å². The van der Waals surface area contributed by atoms with Crippen LogP contribution in [0.3, 0.4) is 0 Å². The van der Waals surface area contributed by atoms with Gasteiger partial charge in [0.2, 0.25) is 0 Å². The number of carbonyl (C=O) groups is 1. The zero-order chi connectivity index (χ0) is 17.4. The van der Waals surface area contributed by atoms with Crippen LogP contribution >= 0.6 is 0 Å². The summed E-state index contributed by atoms with van der Waals surface area (Å²) in [5.41, 5.74) is 3.94. The van der Waals surface area contributed by atoms with E-state index in [2.05, 4.69) is 50.4 Å². The second-order valence-electron chi connectivity index (χ2n) is 6.48. The van der Waals surface area contributed by atoms with Gasteiger partial charge in [-0.15, -0.1) is 0 Å². The van der Waals surface area contributed by atoms with Crippen LogP contribution in [0.1, 0.15) is 55.1 Å². The Bertz CT molecular complexity index is 666. The van der Waals surface area contributed by atoms with E-state index in [9.17, 15) is 4.79 Å². The fourth-order valence-electron chi connectivity index (χ4n) is 2.39. The number of unbranched alkanes of at least 4 members (excludes halogenated alkanes) is 1. The van der Waals surface area contributed by atoms with E-state index in [1.807, 2.05) is 36.4 Å². The lowest BCUT2D eigenvalue weighted by molar-refractivity contribution is 0.102. The molecule has 2 heteroatoms. The SMILES string of the molecule is CCCCc1ccc(NC(=O)c2ccc(/C=C/C(C)C)cc2)cc1. The van der Waals surface area contributed by atoms with E-state index in [-0.39, 0.29) is 5.91 Å². The van der Waals surface area contributed by atoms with E-state index < -0.39 is 0 Å². The molecule has 126 valence electrons. The Kier molecular flexibility index (Phi) is 6.80. The van der Waals surface area contributed by atoms with Crippen LogP contribution in [-0.4, -0.2) is 5.91 Å². The minimum absolute atomic E-state index is 0.0734. The Morgan fingerprint density at radius 3 is 2.29 bits per heavy atom. The third-order valence-corrected chi connectivity index (χ3v) is 3.88. The van der Waals surface area contributed by atoms with Gasteiger partial charge < -0.3 is 5.32 Å². The Morgan fingerprint density at radius 2 is 1.71 bits per heavy atom. The standard InChI is InChI=1S/C22H27NO/c1-4-5-6-18-11-15-21(16-12-18)23-22(24)20-13-9-19(10-14-20)8-7-17(2)3/h7-17H,4-6H2,1-3H3,(H,23,24)/b8-7+. The molecule has 0 unspecified atom stereocenters. The van der Waals surface area contributed by atoms with Gasteiger partial charge in [0.25, 0.3) is 5.91 Å². The number of nitrogens with one attached hydrogen (secondary N) is 1. The van der Waals surface area contributed by atoms with Crippen molar-refractivity contribution in [2.24, 2.45) is 5.92 Å². The second-order valence-corrected chi connectivity index (χ2v) is 6.48. The van der Waals surface area contributed by atoms with E-state index >= 15 is 0 Å². The molecule has 2 aromatic rings. The number of carbonyl (C=O) groups excluding carboxylic acids is 1. The van der Waals surface area contributed by atoms with Crippen molar-refractivity contribution in [1.29, 1.82) is 0 Å². The highest BCUT2D eigenvalue weighted by Gasteiger charge is 2.05. The summed E-state index contributed by atoms with van der Waals surface area (Å²) in [5.74, 6) is 0.448. The molecule has 2 aromatic carbocycles. The maximum Gasteiger partial charge on any atom is 0.255 e. The average molecular weight is 321 g/mol. The fraction of sp³-hybridized carbons (Fsp3) is 0.318. The maximum atomic E-state index is 12.3. The van der Waals surface area contributed by atoms with Gasteiger partial charge >= 0.3 is 0 Å². The molecule has 0 bridgehead atoms. The normalized spacial score (nSPS) is 11.2. The van der Waals surface area contributed by atoms with E-state index in [0.717, 1.165) is 17.7 Å². The first-order valence-electron chi connectivity index (χ1n) is 8.77. The lowest BCUT2D eigenvalue weighted by atomic mass is 10.1. The number of rotatable bonds is 7. The molecule has 24 heavy (non-hydrogen) atoms. The monoisotopic (exact) mass is 321 g/mol. The van der Waals surface area contributed by atoms with Crippen molar-refractivity contribution in [3.8, 4) is 0 Å². The first-order chi connectivity index (χ1) is 11.6. The van der Waals surface area contributed by atoms with Crippen LogP contribution in [0.5, 0.6) is 0 Å². The summed E-state index contributed by atoms with van der Waals surface area (Å²) >= 11 is 0. The van der Waals surface area contributed by atoms with Gasteiger partial charge in [0.15, 0.2) is 0 Å². The van der Waals surface area contributed by atoms with Gasteiger partial charge in [0.05, 0.1) is 0 Å². The molecule has 1 N–H and O–H groups in total. The summed E-state index contributed by atoms with van der Waals surface area (Å²) < 4.78 is 0. The highest BCUT2D eigenvalue weighted by molar-refractivity contribution is 6.04. The first-order valence-corrected chi connectivity index (χ1v) is 8.77. The molecule has 0 saturated carbocycles. The molecule has 2 rings (SSSR count). The molecular weight excluding hydrogens is 294 g/mol. The molecule has 0 spiro atoms. The number of hydrogen-bond donors (Lipinski definition) is 1. The van der Waals surface area contributed by atoms with Gasteiger partial charge in [-0.2, -0.15) is 0 Å². The van der Waals surface area contributed by atoms with E-state index in [0.29, 0.717) is 11.5 Å². The third kappa shape index (κ3) is 5.69. The summed E-state index contributed by atoms with van der Waals surface area (Å²) in [7, 11) is 0. The number of benzene rings is 2. The van der Waals surface area contributed by atoms with Gasteiger partial charge in [0.1, 0.15) is 0 Å². The Hall–Kier alpha value is -2.35. The number of anilines is 1. The van der Waals surface area contributed by atoms with E-state index in [4.69, 9.17) is 0 Å². The van der Waals surface area contributed by atoms with Crippen molar-refractivity contribution in [1.82, 2.24) is 0 Å². The van der Waals surface area contributed by atoms with Gasteiger partial charge in [-0.05, 0) is 54.2 Å². The molecule has 0 aliphatic heterocycles. The summed E-state index contributed by atoms with van der Waals surface area (Å²) in [5, 5.41) is 2.95. The van der Waals surface area contributed by atoms with Crippen molar-refractivity contribution in [2.45, 2.75) is 40.0 Å². The zero-order valence-corrected chi connectivity index (χ0v) is 14.9. The largest absolute Gasteiger partial charge is 0.322 e. The summed E-state index contributed by atoms with van der Waals surface area (Å²) in [6.45, 7) is 6.48. The minimum Gasteiger partial charge on any atom is -0.322 e. The van der Waals surface area contributed by atoms with Gasteiger partial charge in [-0.3, -0.25) is 4.79 Å². The maximum absolute atomic E-state index is 12.3. The number of hydrogen-bond acceptors (Lipinski definition) is 1. The van der Waals surface area contributed by atoms with Crippen molar-refractivity contribution in [3.05, 3.63) is 71.3 Å². The van der Waals surface area contributed by atoms with E-state index in [1.54, 1.807) is 0 Å². The molecule has 0 atom stereocenters. The van der Waals surface area contributed by atoms with Crippen molar-refractivity contribution >= 4 is 17.7 Å². The summed E-state index contributed by atoms with van der Waals surface area (Å²) in [4.78, 5) is 12.3. The van der Waals surface area contributed by atoms with Crippen LogP contribution in [0.25, 0.3) is 6.08 Å². The van der Waals surface area contributed by atoms with Crippen LogP contribution < -0.4 is 5.32 Å². The lowest BCUT2D eigenvalue weighted by Crippen LogP contribution is -2.11. The van der Waals surface area contributed by atoms with Crippen molar-refractivity contribution < 1.29 is 4.79 Å². The number of amides is 1. The van der Waals surface area contributed by atoms with Crippen LogP contribution in [0.15, 0.2) is 54.6 Å². The number of aryl methyl sites for hydroxylation is 1. The molecule has 0 fully saturated rings. The molecule has 0 saturated heterocycles. The topological polar surface area (TPSA) is 29.1 Å². The molecule has 0 aliphatic carbocycles. The highest BCUT2D eigenvalue weighted by Crippen LogP contribution is 2.14. The van der Waals surface area contributed by atoms with Gasteiger partial charge in [-0.25, -0.2) is 0 Å². The fourth-order valence-corrected chi connectivity index (χ4v) is 2.39. The highest BCUT2D eigenvalue weighted by atomic mass is 16.1. The van der Waals surface area contributed by atoms with Crippen LogP contribution in [0, 0.1) is 5.92 Å². The smallest absolute Gasteiger partial charge is 0.255 e. The molecule has 0 radical (unpaired) electrons. The van der Waals surface area contributed by atoms with Crippen LogP contribution in [-0.2, 0) is 6.42 Å². The summed E-state index contributed by atoms with van der Waals surface area (Å²) in [6, 6.07) is 15.8. The van der Waals surface area contributed by atoms with Crippen molar-refractivity contribution in [2.75, 3.05) is 5.32 Å². The van der Waals surface area contributed by atoms with Gasteiger partial charge in [-0.1, -0.05) is 63.6 Å². The minimum atomic E-state index is -0.0734. The average Bonchev–Trinajstić information content (AvgIpc) is 2.59. The lowest BCUT2D eigenvalue weighted by Gasteiger charge is -2.07. The quantitative estimate of drug-likeness (QED) is 0.670. The molecule has 0 heterocycles. The molecule has 2 nitrogen and oxygen atoms in total. The van der Waals surface area contributed by atoms with Gasteiger partial charge in [0, 0.05) is 11.3 Å². The Morgan fingerprint density at radius 1 is 1.04 bits per heavy atom.